The van der Waals surface area contributed by atoms with E-state index < -0.39 is 10.0 Å². The van der Waals surface area contributed by atoms with E-state index >= 15 is 0 Å². The van der Waals surface area contributed by atoms with Gasteiger partial charge in [0.05, 0.1) is 25.2 Å². The molecule has 4 rings (SSSR count). The Kier molecular flexibility index (Phi) is 6.20. The Morgan fingerprint density at radius 3 is 2.38 bits per heavy atom. The van der Waals surface area contributed by atoms with Crippen molar-refractivity contribution in [1.29, 1.82) is 0 Å². The van der Waals surface area contributed by atoms with Gasteiger partial charge < -0.3 is 9.47 Å². The number of rotatable bonds is 8. The van der Waals surface area contributed by atoms with Crippen LogP contribution in [0.25, 0.3) is 0 Å². The minimum Gasteiger partial charge on any atom is -0.497 e. The lowest BCUT2D eigenvalue weighted by atomic mass is 10.1. The molecule has 0 bridgehead atoms. The maximum absolute atomic E-state index is 13.0. The summed E-state index contributed by atoms with van der Waals surface area (Å²) in [6, 6.07) is 16.1. The Bertz CT molecular complexity index is 920. The van der Waals surface area contributed by atoms with E-state index in [1.165, 1.54) is 22.7 Å². The molecule has 156 valence electrons. The third kappa shape index (κ3) is 4.98. The quantitative estimate of drug-likeness (QED) is 0.662. The molecule has 2 aromatic rings. The Morgan fingerprint density at radius 1 is 1.03 bits per heavy atom. The van der Waals surface area contributed by atoms with Gasteiger partial charge in [-0.15, -0.1) is 0 Å². The van der Waals surface area contributed by atoms with Crippen molar-refractivity contribution >= 4 is 10.0 Å². The first-order chi connectivity index (χ1) is 14.1. The summed E-state index contributed by atoms with van der Waals surface area (Å²) in [6.07, 6.45) is 2.39. The average Bonchev–Trinajstić information content (AvgIpc) is 3.60. The highest BCUT2D eigenvalue weighted by atomic mass is 32.2. The van der Waals surface area contributed by atoms with Gasteiger partial charge in [0.25, 0.3) is 0 Å². The first kappa shape index (κ1) is 20.3. The highest BCUT2D eigenvalue weighted by Gasteiger charge is 2.30. The molecule has 0 amide bonds. The van der Waals surface area contributed by atoms with Gasteiger partial charge in [-0.3, -0.25) is 4.90 Å². The van der Waals surface area contributed by atoms with E-state index in [0.717, 1.165) is 24.4 Å². The van der Waals surface area contributed by atoms with E-state index in [4.69, 9.17) is 9.47 Å². The van der Waals surface area contributed by atoms with E-state index in [0.29, 0.717) is 37.2 Å². The zero-order valence-electron chi connectivity index (χ0n) is 16.8. The maximum Gasteiger partial charge on any atom is 0.243 e. The number of benzene rings is 2. The van der Waals surface area contributed by atoms with Gasteiger partial charge >= 0.3 is 0 Å². The SMILES string of the molecule is COc1ccc(CN(Cc2cccc(S(=O)(=O)N3CCOCC3)c2)C2CC2)cc1. The predicted molar refractivity (Wildman–Crippen MR) is 111 cm³/mol. The molecule has 2 fully saturated rings. The van der Waals surface area contributed by atoms with Gasteiger partial charge in [-0.1, -0.05) is 24.3 Å². The summed E-state index contributed by atoms with van der Waals surface area (Å²) in [5.74, 6) is 0.854. The van der Waals surface area contributed by atoms with E-state index in [-0.39, 0.29) is 0 Å². The first-order valence-electron chi connectivity index (χ1n) is 10.1. The summed E-state index contributed by atoms with van der Waals surface area (Å²) in [6.45, 7) is 3.32. The first-order valence-corrected chi connectivity index (χ1v) is 11.5. The molecule has 1 heterocycles. The van der Waals surface area contributed by atoms with Gasteiger partial charge in [-0.25, -0.2) is 8.42 Å². The van der Waals surface area contributed by atoms with Crippen LogP contribution in [0.3, 0.4) is 0 Å². The fourth-order valence-electron chi connectivity index (χ4n) is 3.69. The number of morpholine rings is 1. The molecule has 1 aliphatic carbocycles. The van der Waals surface area contributed by atoms with E-state index in [1.54, 1.807) is 13.2 Å². The molecule has 0 atom stereocenters. The summed E-state index contributed by atoms with van der Waals surface area (Å²) < 4.78 is 38.0. The summed E-state index contributed by atoms with van der Waals surface area (Å²) in [5.41, 5.74) is 2.26. The number of hydrogen-bond acceptors (Lipinski definition) is 5. The lowest BCUT2D eigenvalue weighted by Gasteiger charge is -2.26. The zero-order valence-corrected chi connectivity index (χ0v) is 17.6. The maximum atomic E-state index is 13.0. The molecule has 0 radical (unpaired) electrons. The van der Waals surface area contributed by atoms with Crippen molar-refractivity contribution in [2.24, 2.45) is 0 Å². The molecule has 2 aromatic carbocycles. The summed E-state index contributed by atoms with van der Waals surface area (Å²) in [7, 11) is -1.80. The van der Waals surface area contributed by atoms with Crippen LogP contribution in [0.2, 0.25) is 0 Å². The van der Waals surface area contributed by atoms with Crippen molar-refractivity contribution in [2.75, 3.05) is 33.4 Å². The molecule has 1 aliphatic heterocycles. The third-order valence-corrected chi connectivity index (χ3v) is 7.39. The van der Waals surface area contributed by atoms with Gasteiger partial charge in [0.2, 0.25) is 10.0 Å². The van der Waals surface area contributed by atoms with E-state index in [1.807, 2.05) is 30.3 Å². The van der Waals surface area contributed by atoms with Crippen LogP contribution in [0.4, 0.5) is 0 Å². The molecule has 7 heteroatoms. The van der Waals surface area contributed by atoms with Gasteiger partial charge in [0.1, 0.15) is 5.75 Å². The number of nitrogens with zero attached hydrogens (tertiary/aromatic N) is 2. The molecule has 0 N–H and O–H groups in total. The second kappa shape index (κ2) is 8.83. The second-order valence-electron chi connectivity index (χ2n) is 7.65. The minimum atomic E-state index is -3.47. The molecule has 0 aromatic heterocycles. The highest BCUT2D eigenvalue weighted by molar-refractivity contribution is 7.89. The predicted octanol–water partition coefficient (Wildman–Crippen LogP) is 2.88. The van der Waals surface area contributed by atoms with Gasteiger partial charge in [-0.05, 0) is 48.2 Å². The molecule has 29 heavy (non-hydrogen) atoms. The number of ether oxygens (including phenoxy) is 2. The fourth-order valence-corrected chi connectivity index (χ4v) is 5.17. The fraction of sp³-hybridized carbons (Fsp3) is 0.455. The van der Waals surface area contributed by atoms with E-state index in [9.17, 15) is 8.42 Å². The Labute approximate surface area is 173 Å². The molecule has 2 aliphatic rings. The summed E-state index contributed by atoms with van der Waals surface area (Å²) >= 11 is 0. The lowest BCUT2D eigenvalue weighted by Crippen LogP contribution is -2.40. The van der Waals surface area contributed by atoms with Crippen LogP contribution < -0.4 is 4.74 Å². The molecular weight excluding hydrogens is 388 g/mol. The zero-order chi connectivity index (χ0) is 20.3. The minimum absolute atomic E-state index is 0.372. The highest BCUT2D eigenvalue weighted by Crippen LogP contribution is 2.30. The van der Waals surface area contributed by atoms with Crippen molar-refractivity contribution in [3.05, 3.63) is 59.7 Å². The van der Waals surface area contributed by atoms with Gasteiger partial charge in [0.15, 0.2) is 0 Å². The van der Waals surface area contributed by atoms with Crippen LogP contribution in [-0.4, -0.2) is 57.1 Å². The molecule has 0 unspecified atom stereocenters. The van der Waals surface area contributed by atoms with Crippen molar-refractivity contribution in [2.45, 2.75) is 36.9 Å². The summed E-state index contributed by atoms with van der Waals surface area (Å²) in [5, 5.41) is 0. The second-order valence-corrected chi connectivity index (χ2v) is 9.59. The van der Waals surface area contributed by atoms with Crippen molar-refractivity contribution < 1.29 is 17.9 Å². The Balaban J connectivity index is 1.49. The van der Waals surface area contributed by atoms with Crippen LogP contribution in [0.15, 0.2) is 53.4 Å². The largest absolute Gasteiger partial charge is 0.497 e. The van der Waals surface area contributed by atoms with Gasteiger partial charge in [-0.2, -0.15) is 4.31 Å². The van der Waals surface area contributed by atoms with Gasteiger partial charge in [0, 0.05) is 32.2 Å². The Hall–Kier alpha value is -1.93. The van der Waals surface area contributed by atoms with Crippen LogP contribution in [-0.2, 0) is 27.8 Å². The van der Waals surface area contributed by atoms with Crippen molar-refractivity contribution in [3.8, 4) is 5.75 Å². The number of methoxy groups -OCH3 is 1. The summed E-state index contributed by atoms with van der Waals surface area (Å²) in [4.78, 5) is 2.81. The monoisotopic (exact) mass is 416 g/mol. The van der Waals surface area contributed by atoms with Crippen molar-refractivity contribution in [1.82, 2.24) is 9.21 Å². The third-order valence-electron chi connectivity index (χ3n) is 5.50. The molecular formula is C22H28N2O4S. The number of hydrogen-bond donors (Lipinski definition) is 0. The smallest absolute Gasteiger partial charge is 0.243 e. The van der Waals surface area contributed by atoms with E-state index in [2.05, 4.69) is 17.0 Å². The van der Waals surface area contributed by atoms with Crippen molar-refractivity contribution in [3.63, 3.8) is 0 Å². The Morgan fingerprint density at radius 2 is 1.72 bits per heavy atom. The molecule has 6 nitrogen and oxygen atoms in total. The molecule has 0 spiro atoms. The average molecular weight is 417 g/mol. The van der Waals surface area contributed by atoms with Crippen LogP contribution in [0.1, 0.15) is 24.0 Å². The standard InChI is InChI=1S/C22H28N2O4S/c1-27-21-9-5-18(6-10-21)16-23(20-7-8-20)17-19-3-2-4-22(15-19)29(25,26)24-11-13-28-14-12-24/h2-6,9-10,15,20H,7-8,11-14,16-17H2,1H3. The molecule has 1 saturated carbocycles. The van der Waals surface area contributed by atoms with Crippen LogP contribution in [0, 0.1) is 0 Å². The lowest BCUT2D eigenvalue weighted by molar-refractivity contribution is 0.0730. The normalized spacial score (nSPS) is 18.1. The topological polar surface area (TPSA) is 59.1 Å². The number of sulfonamides is 1. The molecule has 1 saturated heterocycles. The van der Waals surface area contributed by atoms with Crippen LogP contribution in [0.5, 0.6) is 5.75 Å². The van der Waals surface area contributed by atoms with Crippen LogP contribution >= 0.6 is 0 Å².